The standard InChI is InChI=1S/C24H29ClN4O3S/c1-16-19-14-18(25)5-6-20(19)27-24(16)33(31,32)13-9-23(30)28-11-7-17(8-12-28)21-15-26-22-4-2-3-10-29(21)22/h5-6,14-15,17,27H,2-4,7-13H2,1H3. The summed E-state index contributed by atoms with van der Waals surface area (Å²) < 4.78 is 28.4. The first-order valence-corrected chi connectivity index (χ1v) is 13.7. The van der Waals surface area contributed by atoms with Crippen LogP contribution in [0.4, 0.5) is 0 Å². The second kappa shape index (κ2) is 8.80. The minimum absolute atomic E-state index is 0.00928. The van der Waals surface area contributed by atoms with Crippen molar-refractivity contribution in [3.63, 3.8) is 0 Å². The number of H-pyrrole nitrogens is 1. The Balaban J connectivity index is 1.20. The van der Waals surface area contributed by atoms with Crippen LogP contribution in [0.1, 0.15) is 55.1 Å². The molecule has 1 saturated heterocycles. The maximum Gasteiger partial charge on any atom is 0.223 e. The van der Waals surface area contributed by atoms with Gasteiger partial charge in [0.25, 0.3) is 0 Å². The molecule has 0 spiro atoms. The van der Waals surface area contributed by atoms with E-state index in [0.717, 1.165) is 36.7 Å². The van der Waals surface area contributed by atoms with Crippen LogP contribution in [-0.2, 0) is 27.6 Å². The molecule has 1 N–H and O–H groups in total. The minimum atomic E-state index is -3.61. The van der Waals surface area contributed by atoms with Crippen molar-refractivity contribution in [1.29, 1.82) is 0 Å². The summed E-state index contributed by atoms with van der Waals surface area (Å²) in [5, 5.41) is 1.52. The topological polar surface area (TPSA) is 88.1 Å². The van der Waals surface area contributed by atoms with Gasteiger partial charge in [-0.15, -0.1) is 0 Å². The molecule has 1 aromatic carbocycles. The lowest BCUT2D eigenvalue weighted by atomic mass is 9.93. The number of sulfone groups is 1. The number of amides is 1. The highest BCUT2D eigenvalue weighted by atomic mass is 35.5. The van der Waals surface area contributed by atoms with E-state index in [1.54, 1.807) is 25.1 Å². The summed E-state index contributed by atoms with van der Waals surface area (Å²) in [6.45, 7) is 4.13. The Bertz CT molecular complexity index is 1300. The predicted molar refractivity (Wildman–Crippen MR) is 128 cm³/mol. The van der Waals surface area contributed by atoms with Crippen LogP contribution in [0.5, 0.6) is 0 Å². The molecule has 1 fully saturated rings. The van der Waals surface area contributed by atoms with E-state index < -0.39 is 9.84 Å². The van der Waals surface area contributed by atoms with Crippen molar-refractivity contribution in [2.75, 3.05) is 18.8 Å². The molecule has 2 aliphatic rings. The van der Waals surface area contributed by atoms with Crippen molar-refractivity contribution < 1.29 is 13.2 Å². The normalized spacial score (nSPS) is 17.5. The molecule has 3 aromatic rings. The molecule has 0 aliphatic carbocycles. The van der Waals surface area contributed by atoms with E-state index in [9.17, 15) is 13.2 Å². The summed E-state index contributed by atoms with van der Waals surface area (Å²) in [5.74, 6) is 1.31. The molecule has 0 radical (unpaired) electrons. The molecule has 1 amide bonds. The number of carbonyl (C=O) groups excluding carboxylic acids is 1. The monoisotopic (exact) mass is 488 g/mol. The van der Waals surface area contributed by atoms with Gasteiger partial charge in [-0.3, -0.25) is 4.79 Å². The molecular weight excluding hydrogens is 460 g/mol. The number of halogens is 1. The average Bonchev–Trinajstić information content (AvgIpc) is 3.39. The quantitative estimate of drug-likeness (QED) is 0.582. The first kappa shape index (κ1) is 22.5. The van der Waals surface area contributed by atoms with Gasteiger partial charge in [0.2, 0.25) is 5.91 Å². The molecule has 2 aromatic heterocycles. The summed E-state index contributed by atoms with van der Waals surface area (Å²) in [6, 6.07) is 5.26. The van der Waals surface area contributed by atoms with Gasteiger partial charge in [0, 0.05) is 66.2 Å². The van der Waals surface area contributed by atoms with Crippen LogP contribution in [0.2, 0.25) is 5.02 Å². The number of nitrogens with zero attached hydrogens (tertiary/aromatic N) is 3. The highest BCUT2D eigenvalue weighted by molar-refractivity contribution is 7.91. The number of hydrogen-bond donors (Lipinski definition) is 1. The van der Waals surface area contributed by atoms with Crippen molar-refractivity contribution in [2.24, 2.45) is 0 Å². The molecule has 0 saturated carbocycles. The van der Waals surface area contributed by atoms with Crippen molar-refractivity contribution in [3.8, 4) is 0 Å². The Morgan fingerprint density at radius 2 is 2.00 bits per heavy atom. The van der Waals surface area contributed by atoms with Gasteiger partial charge in [-0.1, -0.05) is 11.6 Å². The molecule has 0 atom stereocenters. The fraction of sp³-hybridized carbons (Fsp3) is 0.500. The molecule has 7 nitrogen and oxygen atoms in total. The second-order valence-corrected chi connectivity index (χ2v) is 11.7. The largest absolute Gasteiger partial charge is 0.345 e. The summed E-state index contributed by atoms with van der Waals surface area (Å²) in [7, 11) is -3.61. The third-order valence-electron chi connectivity index (χ3n) is 7.14. The summed E-state index contributed by atoms with van der Waals surface area (Å²) in [5.41, 5.74) is 2.67. The van der Waals surface area contributed by atoms with Crippen LogP contribution in [0.25, 0.3) is 10.9 Å². The van der Waals surface area contributed by atoms with Crippen LogP contribution in [0.3, 0.4) is 0 Å². The fourth-order valence-corrected chi connectivity index (χ4v) is 6.92. The third-order valence-corrected chi connectivity index (χ3v) is 9.14. The fourth-order valence-electron chi connectivity index (χ4n) is 5.26. The van der Waals surface area contributed by atoms with Crippen LogP contribution in [0.15, 0.2) is 29.4 Å². The Labute approximate surface area is 199 Å². The molecule has 0 bridgehead atoms. The molecule has 176 valence electrons. The highest BCUT2D eigenvalue weighted by Gasteiger charge is 2.29. The van der Waals surface area contributed by atoms with Gasteiger partial charge in [0.1, 0.15) is 10.9 Å². The van der Waals surface area contributed by atoms with E-state index in [0.29, 0.717) is 29.6 Å². The van der Waals surface area contributed by atoms with Gasteiger partial charge in [0.05, 0.1) is 5.75 Å². The Kier molecular flexibility index (Phi) is 5.99. The lowest BCUT2D eigenvalue weighted by molar-refractivity contribution is -0.131. The molecule has 33 heavy (non-hydrogen) atoms. The minimum Gasteiger partial charge on any atom is -0.345 e. The van der Waals surface area contributed by atoms with E-state index in [-0.39, 0.29) is 23.1 Å². The molecule has 9 heteroatoms. The number of benzene rings is 1. The molecule has 0 unspecified atom stereocenters. The number of fused-ring (bicyclic) bond motifs is 2. The zero-order chi connectivity index (χ0) is 23.2. The third kappa shape index (κ3) is 4.30. The van der Waals surface area contributed by atoms with E-state index >= 15 is 0 Å². The zero-order valence-electron chi connectivity index (χ0n) is 18.8. The number of rotatable bonds is 5. The van der Waals surface area contributed by atoms with Gasteiger partial charge < -0.3 is 14.5 Å². The number of aromatic nitrogens is 3. The maximum absolute atomic E-state index is 13.0. The maximum atomic E-state index is 13.0. The van der Waals surface area contributed by atoms with Crippen LogP contribution >= 0.6 is 11.6 Å². The van der Waals surface area contributed by atoms with Crippen LogP contribution in [-0.4, -0.2) is 52.6 Å². The zero-order valence-corrected chi connectivity index (χ0v) is 20.4. The average molecular weight is 489 g/mol. The van der Waals surface area contributed by atoms with E-state index in [1.807, 2.05) is 11.1 Å². The Morgan fingerprint density at radius 3 is 2.79 bits per heavy atom. The van der Waals surface area contributed by atoms with Crippen LogP contribution in [0, 0.1) is 6.92 Å². The molecule has 4 heterocycles. The number of aryl methyl sites for hydroxylation is 2. The smallest absolute Gasteiger partial charge is 0.223 e. The summed E-state index contributed by atoms with van der Waals surface area (Å²) >= 11 is 6.06. The first-order valence-electron chi connectivity index (χ1n) is 11.7. The van der Waals surface area contributed by atoms with E-state index in [1.165, 1.54) is 24.4 Å². The van der Waals surface area contributed by atoms with Crippen LogP contribution < -0.4 is 0 Å². The summed E-state index contributed by atoms with van der Waals surface area (Å²) in [6.07, 6.45) is 7.25. The highest BCUT2D eigenvalue weighted by Crippen LogP contribution is 2.31. The number of likely N-dealkylation sites (tertiary alicyclic amines) is 1. The van der Waals surface area contributed by atoms with Gasteiger partial charge in [-0.05, 0) is 56.4 Å². The lowest BCUT2D eigenvalue weighted by Gasteiger charge is -2.33. The van der Waals surface area contributed by atoms with Crippen molar-refractivity contribution in [2.45, 2.75) is 62.9 Å². The number of imidazole rings is 1. The van der Waals surface area contributed by atoms with Gasteiger partial charge in [0.15, 0.2) is 9.84 Å². The van der Waals surface area contributed by atoms with E-state index in [2.05, 4.69) is 14.5 Å². The number of nitrogens with one attached hydrogen (secondary N) is 1. The van der Waals surface area contributed by atoms with E-state index in [4.69, 9.17) is 11.6 Å². The van der Waals surface area contributed by atoms with Crippen molar-refractivity contribution >= 4 is 38.2 Å². The molecule has 5 rings (SSSR count). The summed E-state index contributed by atoms with van der Waals surface area (Å²) in [4.78, 5) is 22.2. The Hall–Kier alpha value is -2.32. The molecular formula is C24H29ClN4O3S. The second-order valence-electron chi connectivity index (χ2n) is 9.20. The van der Waals surface area contributed by atoms with Gasteiger partial charge in [-0.25, -0.2) is 13.4 Å². The predicted octanol–water partition coefficient (Wildman–Crippen LogP) is 4.23. The Morgan fingerprint density at radius 1 is 1.21 bits per heavy atom. The first-order chi connectivity index (χ1) is 15.8. The van der Waals surface area contributed by atoms with Crippen molar-refractivity contribution in [1.82, 2.24) is 19.4 Å². The molecule has 2 aliphatic heterocycles. The number of piperidine rings is 1. The number of hydrogen-bond acceptors (Lipinski definition) is 4. The van der Waals surface area contributed by atoms with Crippen molar-refractivity contribution in [3.05, 3.63) is 46.5 Å². The SMILES string of the molecule is Cc1c(S(=O)(=O)CCC(=O)N2CCC(c3cnc4n3CCCC4)CC2)[nH]c2ccc(Cl)cc12. The number of carbonyl (C=O) groups is 1. The number of aromatic amines is 1. The lowest BCUT2D eigenvalue weighted by Crippen LogP contribution is -2.39. The van der Waals surface area contributed by atoms with Gasteiger partial charge >= 0.3 is 0 Å². The van der Waals surface area contributed by atoms with Gasteiger partial charge in [-0.2, -0.15) is 0 Å².